The summed E-state index contributed by atoms with van der Waals surface area (Å²) in [6.07, 6.45) is 3.82. The van der Waals surface area contributed by atoms with Gasteiger partial charge in [0.15, 0.2) is 22.4 Å². The Bertz CT molecular complexity index is 1040. The van der Waals surface area contributed by atoms with E-state index in [2.05, 4.69) is 32.1 Å². The van der Waals surface area contributed by atoms with Gasteiger partial charge in [0.25, 0.3) is 0 Å². The van der Waals surface area contributed by atoms with Gasteiger partial charge in [-0.15, -0.1) is 0 Å². The average molecular weight is 436 g/mol. The Morgan fingerprint density at radius 3 is 3.00 bits per heavy atom. The number of piperidine rings is 1. The van der Waals surface area contributed by atoms with Crippen molar-refractivity contribution in [1.82, 2.24) is 15.0 Å². The van der Waals surface area contributed by atoms with Gasteiger partial charge in [0.05, 0.1) is 5.75 Å². The number of amides is 1. The molecule has 0 saturated carbocycles. The third-order valence-electron chi connectivity index (χ3n) is 4.62. The molecule has 4 rings (SSSR count). The van der Waals surface area contributed by atoms with Crippen molar-refractivity contribution in [3.8, 4) is 0 Å². The number of thiazole rings is 1. The topological polar surface area (TPSA) is 71.0 Å². The first-order valence-electron chi connectivity index (χ1n) is 9.24. The Labute approximate surface area is 174 Å². The standard InChI is InChI=1S/C19H19F2N5OS2/c1-11-3-2-6-26(8-11)19-25-17-16(29-19)18(23-10-22-17)28-9-15(27)24-12-4-5-13(20)14(21)7-12/h4-5,7,10-11H,2-3,6,8-9H2,1H3,(H,24,27). The van der Waals surface area contributed by atoms with Crippen molar-refractivity contribution in [2.24, 2.45) is 5.92 Å². The minimum atomic E-state index is -1.00. The Kier molecular flexibility index (Phi) is 5.91. The quantitative estimate of drug-likeness (QED) is 0.475. The summed E-state index contributed by atoms with van der Waals surface area (Å²) in [4.78, 5) is 27.7. The van der Waals surface area contributed by atoms with Gasteiger partial charge in [0.1, 0.15) is 16.1 Å². The van der Waals surface area contributed by atoms with Crippen LogP contribution in [0, 0.1) is 17.6 Å². The number of hydrogen-bond acceptors (Lipinski definition) is 7. The molecule has 0 radical (unpaired) electrons. The Morgan fingerprint density at radius 1 is 1.34 bits per heavy atom. The minimum Gasteiger partial charge on any atom is -0.348 e. The van der Waals surface area contributed by atoms with Crippen molar-refractivity contribution in [2.45, 2.75) is 24.8 Å². The van der Waals surface area contributed by atoms with Crippen LogP contribution >= 0.6 is 23.1 Å². The van der Waals surface area contributed by atoms with Crippen LogP contribution in [-0.2, 0) is 4.79 Å². The Morgan fingerprint density at radius 2 is 2.21 bits per heavy atom. The molecule has 0 bridgehead atoms. The molecule has 1 saturated heterocycles. The van der Waals surface area contributed by atoms with E-state index in [-0.39, 0.29) is 17.3 Å². The highest BCUT2D eigenvalue weighted by Gasteiger charge is 2.21. The van der Waals surface area contributed by atoms with E-state index in [0.717, 1.165) is 41.5 Å². The third kappa shape index (κ3) is 4.64. The maximum absolute atomic E-state index is 13.3. The molecule has 3 aromatic rings. The smallest absolute Gasteiger partial charge is 0.234 e. The van der Waals surface area contributed by atoms with E-state index in [0.29, 0.717) is 16.6 Å². The van der Waals surface area contributed by atoms with Gasteiger partial charge in [-0.05, 0) is 30.9 Å². The van der Waals surface area contributed by atoms with Crippen LogP contribution in [0.5, 0.6) is 0 Å². The molecule has 1 atom stereocenters. The lowest BCUT2D eigenvalue weighted by Gasteiger charge is -2.30. The van der Waals surface area contributed by atoms with E-state index >= 15 is 0 Å². The van der Waals surface area contributed by atoms with Crippen molar-refractivity contribution in [1.29, 1.82) is 0 Å². The number of rotatable bonds is 5. The lowest BCUT2D eigenvalue weighted by Crippen LogP contribution is -2.34. The Balaban J connectivity index is 1.44. The van der Waals surface area contributed by atoms with Gasteiger partial charge < -0.3 is 10.2 Å². The number of carbonyl (C=O) groups is 1. The number of nitrogens with zero attached hydrogens (tertiary/aromatic N) is 4. The lowest BCUT2D eigenvalue weighted by atomic mass is 10.0. The summed E-state index contributed by atoms with van der Waals surface area (Å²) >= 11 is 2.80. The molecule has 3 heterocycles. The van der Waals surface area contributed by atoms with Crippen LogP contribution < -0.4 is 10.2 Å². The highest BCUT2D eigenvalue weighted by atomic mass is 32.2. The summed E-state index contributed by atoms with van der Waals surface area (Å²) in [7, 11) is 0. The van der Waals surface area contributed by atoms with Crippen LogP contribution in [0.3, 0.4) is 0 Å². The highest BCUT2D eigenvalue weighted by Crippen LogP contribution is 2.35. The minimum absolute atomic E-state index is 0.0824. The predicted molar refractivity (Wildman–Crippen MR) is 112 cm³/mol. The summed E-state index contributed by atoms with van der Waals surface area (Å²) in [6.45, 7) is 4.20. The van der Waals surface area contributed by atoms with Crippen molar-refractivity contribution in [2.75, 3.05) is 29.1 Å². The van der Waals surface area contributed by atoms with Crippen LogP contribution in [0.1, 0.15) is 19.8 Å². The summed E-state index contributed by atoms with van der Waals surface area (Å²) in [5.41, 5.74) is 0.836. The molecule has 6 nitrogen and oxygen atoms in total. The largest absolute Gasteiger partial charge is 0.348 e. The summed E-state index contributed by atoms with van der Waals surface area (Å²) < 4.78 is 27.1. The normalized spacial score (nSPS) is 16.9. The number of carbonyl (C=O) groups excluding carboxylic acids is 1. The molecule has 1 N–H and O–H groups in total. The molecule has 1 amide bonds. The first kappa shape index (κ1) is 20.0. The molecule has 0 spiro atoms. The number of fused-ring (bicyclic) bond motifs is 1. The number of nitrogens with one attached hydrogen (secondary N) is 1. The molecule has 152 valence electrons. The van der Waals surface area contributed by atoms with Gasteiger partial charge in [-0.1, -0.05) is 30.0 Å². The second-order valence-electron chi connectivity index (χ2n) is 6.99. The van der Waals surface area contributed by atoms with Gasteiger partial charge in [-0.25, -0.2) is 18.7 Å². The van der Waals surface area contributed by atoms with E-state index in [1.165, 1.54) is 41.9 Å². The molecule has 1 aliphatic heterocycles. The second-order valence-corrected chi connectivity index (χ2v) is 8.93. The summed E-state index contributed by atoms with van der Waals surface area (Å²) in [6, 6.07) is 3.25. The van der Waals surface area contributed by atoms with Crippen LogP contribution in [0.25, 0.3) is 10.3 Å². The van der Waals surface area contributed by atoms with E-state index in [1.807, 2.05) is 0 Å². The van der Waals surface area contributed by atoms with Gasteiger partial charge in [-0.2, -0.15) is 4.98 Å². The molecule has 1 unspecified atom stereocenters. The maximum atomic E-state index is 13.3. The van der Waals surface area contributed by atoms with Gasteiger partial charge >= 0.3 is 0 Å². The molecule has 1 aliphatic rings. The number of thioether (sulfide) groups is 1. The lowest BCUT2D eigenvalue weighted by molar-refractivity contribution is -0.113. The fraction of sp³-hybridized carbons (Fsp3) is 0.368. The first-order valence-corrected chi connectivity index (χ1v) is 11.0. The number of aromatic nitrogens is 3. The molecule has 10 heteroatoms. The van der Waals surface area contributed by atoms with Crippen LogP contribution in [0.2, 0.25) is 0 Å². The highest BCUT2D eigenvalue weighted by molar-refractivity contribution is 8.00. The zero-order valence-corrected chi connectivity index (χ0v) is 17.3. The molecule has 1 aromatic carbocycles. The molecular formula is C19H19F2N5OS2. The third-order valence-corrected chi connectivity index (χ3v) is 6.85. The first-order chi connectivity index (χ1) is 14.0. The number of benzene rings is 1. The molecule has 29 heavy (non-hydrogen) atoms. The van der Waals surface area contributed by atoms with Crippen molar-refractivity contribution in [3.63, 3.8) is 0 Å². The van der Waals surface area contributed by atoms with E-state index < -0.39 is 11.6 Å². The summed E-state index contributed by atoms with van der Waals surface area (Å²) in [5, 5.41) is 4.17. The fourth-order valence-corrected chi connectivity index (χ4v) is 5.15. The SMILES string of the molecule is CC1CCCN(c2nc3ncnc(SCC(=O)Nc4ccc(F)c(F)c4)c3s2)C1. The predicted octanol–water partition coefficient (Wildman–Crippen LogP) is 4.33. The number of halogens is 2. The van der Waals surface area contributed by atoms with Gasteiger partial charge in [0.2, 0.25) is 5.91 Å². The van der Waals surface area contributed by atoms with Crippen LogP contribution in [0.4, 0.5) is 19.6 Å². The van der Waals surface area contributed by atoms with Gasteiger partial charge in [0, 0.05) is 24.8 Å². The van der Waals surface area contributed by atoms with Crippen LogP contribution in [-0.4, -0.2) is 39.7 Å². The zero-order valence-electron chi connectivity index (χ0n) is 15.7. The molecule has 0 aliphatic carbocycles. The van der Waals surface area contributed by atoms with E-state index in [4.69, 9.17) is 0 Å². The number of anilines is 2. The van der Waals surface area contributed by atoms with E-state index in [9.17, 15) is 13.6 Å². The van der Waals surface area contributed by atoms with Crippen molar-refractivity contribution in [3.05, 3.63) is 36.2 Å². The monoisotopic (exact) mass is 435 g/mol. The van der Waals surface area contributed by atoms with Crippen molar-refractivity contribution >= 4 is 50.2 Å². The second kappa shape index (κ2) is 8.58. The average Bonchev–Trinajstić information content (AvgIpc) is 3.14. The maximum Gasteiger partial charge on any atom is 0.234 e. The molecule has 1 fully saturated rings. The fourth-order valence-electron chi connectivity index (χ4n) is 3.23. The zero-order chi connectivity index (χ0) is 20.4. The van der Waals surface area contributed by atoms with Crippen LogP contribution in [0.15, 0.2) is 29.6 Å². The molecular weight excluding hydrogens is 416 g/mol. The van der Waals surface area contributed by atoms with E-state index in [1.54, 1.807) is 0 Å². The summed E-state index contributed by atoms with van der Waals surface area (Å²) in [5.74, 6) is -1.57. The Hall–Kier alpha value is -2.33. The number of hydrogen-bond donors (Lipinski definition) is 1. The van der Waals surface area contributed by atoms with Gasteiger partial charge in [-0.3, -0.25) is 4.79 Å². The van der Waals surface area contributed by atoms with Crippen molar-refractivity contribution < 1.29 is 13.6 Å². The molecule has 2 aromatic heterocycles.